The quantitative estimate of drug-likeness (QED) is 0.784. The molecule has 1 N–H and O–H groups in total. The fourth-order valence-corrected chi connectivity index (χ4v) is 3.55. The van der Waals surface area contributed by atoms with Crippen LogP contribution in [0.15, 0.2) is 57.9 Å². The first-order valence-electron chi connectivity index (χ1n) is 7.45. The highest BCUT2D eigenvalue weighted by Crippen LogP contribution is 2.45. The molecule has 8 heteroatoms. The number of halogens is 3. The first kappa shape index (κ1) is 18.0. The van der Waals surface area contributed by atoms with Crippen molar-refractivity contribution in [1.29, 1.82) is 0 Å². The van der Waals surface area contributed by atoms with Gasteiger partial charge >= 0.3 is 5.76 Å². The Morgan fingerprint density at radius 3 is 2.08 bits per heavy atom. The van der Waals surface area contributed by atoms with E-state index in [1.807, 2.05) is 24.3 Å². The van der Waals surface area contributed by atoms with Crippen LogP contribution in [0.5, 0.6) is 0 Å². The van der Waals surface area contributed by atoms with Crippen molar-refractivity contribution in [3.63, 3.8) is 0 Å². The average Bonchev–Trinajstić information content (AvgIpc) is 3.36. The van der Waals surface area contributed by atoms with Crippen LogP contribution in [0.1, 0.15) is 28.8 Å². The fraction of sp³-hybridized carbons (Fsp3) is 0.235. The molecule has 0 atom stereocenters. The summed E-state index contributed by atoms with van der Waals surface area (Å²) in [5.41, 5.74) is 0.781. The van der Waals surface area contributed by atoms with Crippen molar-refractivity contribution in [2.24, 2.45) is 0 Å². The Labute approximate surface area is 152 Å². The van der Waals surface area contributed by atoms with Crippen LogP contribution >= 0.6 is 15.9 Å². The molecule has 0 aliphatic heterocycles. The Kier molecular flexibility index (Phi) is 4.68. The number of hydrogen-bond donors (Lipinski definition) is 1. The second-order valence-corrected chi connectivity index (χ2v) is 8.71. The Balaban J connectivity index is 1.77. The SMILES string of the molecule is O=C(NC1(c2ccc(Br)cc2)CC1)c1ccc(S(=O)(=O)C(F)F)cc1. The van der Waals surface area contributed by atoms with E-state index in [0.717, 1.165) is 35.0 Å². The largest absolute Gasteiger partial charge is 0.343 e. The Bertz CT molecular complexity index is 892. The van der Waals surface area contributed by atoms with Gasteiger partial charge in [0.2, 0.25) is 9.84 Å². The molecule has 2 aromatic carbocycles. The summed E-state index contributed by atoms with van der Waals surface area (Å²) in [6.45, 7) is 0. The highest BCUT2D eigenvalue weighted by Gasteiger charge is 2.45. The Morgan fingerprint density at radius 1 is 1.04 bits per heavy atom. The van der Waals surface area contributed by atoms with E-state index in [0.29, 0.717) is 0 Å². The zero-order valence-corrected chi connectivity index (χ0v) is 15.3. The third-order valence-electron chi connectivity index (χ3n) is 4.18. The summed E-state index contributed by atoms with van der Waals surface area (Å²) in [6, 6.07) is 12.2. The van der Waals surface area contributed by atoms with Gasteiger partial charge in [-0.15, -0.1) is 0 Å². The number of carbonyl (C=O) groups is 1. The molecule has 1 aliphatic rings. The van der Waals surface area contributed by atoms with E-state index in [1.54, 1.807) is 0 Å². The van der Waals surface area contributed by atoms with Gasteiger partial charge in [0.05, 0.1) is 10.4 Å². The van der Waals surface area contributed by atoms with Gasteiger partial charge in [-0.1, -0.05) is 28.1 Å². The van der Waals surface area contributed by atoms with Crippen molar-refractivity contribution in [3.05, 3.63) is 64.1 Å². The molecule has 1 saturated carbocycles. The topological polar surface area (TPSA) is 63.2 Å². The van der Waals surface area contributed by atoms with Gasteiger partial charge in [-0.05, 0) is 54.8 Å². The van der Waals surface area contributed by atoms with Crippen molar-refractivity contribution in [1.82, 2.24) is 5.32 Å². The summed E-state index contributed by atoms with van der Waals surface area (Å²) in [5.74, 6) is -3.86. The third kappa shape index (κ3) is 3.59. The molecule has 25 heavy (non-hydrogen) atoms. The van der Waals surface area contributed by atoms with Gasteiger partial charge in [-0.25, -0.2) is 8.42 Å². The first-order chi connectivity index (χ1) is 11.7. The summed E-state index contributed by atoms with van der Waals surface area (Å²) in [6.07, 6.45) is 1.61. The van der Waals surface area contributed by atoms with E-state index < -0.39 is 26.0 Å². The van der Waals surface area contributed by atoms with E-state index in [2.05, 4.69) is 21.2 Å². The van der Waals surface area contributed by atoms with Crippen molar-refractivity contribution in [2.45, 2.75) is 29.0 Å². The number of amides is 1. The van der Waals surface area contributed by atoms with Gasteiger partial charge in [-0.2, -0.15) is 8.78 Å². The Hall–Kier alpha value is -1.80. The summed E-state index contributed by atoms with van der Waals surface area (Å²) in [7, 11) is -4.66. The monoisotopic (exact) mass is 429 g/mol. The summed E-state index contributed by atoms with van der Waals surface area (Å²) in [5, 5.41) is 2.95. The molecule has 0 radical (unpaired) electrons. The van der Waals surface area contributed by atoms with Gasteiger partial charge in [0, 0.05) is 10.0 Å². The number of alkyl halides is 2. The minimum atomic E-state index is -4.66. The molecule has 0 aromatic heterocycles. The highest BCUT2D eigenvalue weighted by molar-refractivity contribution is 9.10. The molecule has 0 unspecified atom stereocenters. The van der Waals surface area contributed by atoms with Crippen LogP contribution in [0, 0.1) is 0 Å². The number of rotatable bonds is 5. The van der Waals surface area contributed by atoms with Gasteiger partial charge in [0.25, 0.3) is 5.91 Å². The maximum Gasteiger partial charge on any atom is 0.341 e. The van der Waals surface area contributed by atoms with Crippen LogP contribution in [-0.2, 0) is 15.4 Å². The Morgan fingerprint density at radius 2 is 1.60 bits per heavy atom. The molecule has 0 spiro atoms. The van der Waals surface area contributed by atoms with Crippen LogP contribution < -0.4 is 5.32 Å². The van der Waals surface area contributed by atoms with Crippen LogP contribution in [0.3, 0.4) is 0 Å². The van der Waals surface area contributed by atoms with E-state index in [9.17, 15) is 22.0 Å². The molecule has 1 aliphatic carbocycles. The summed E-state index contributed by atoms with van der Waals surface area (Å²) in [4.78, 5) is 11.9. The van der Waals surface area contributed by atoms with E-state index in [-0.39, 0.29) is 11.5 Å². The van der Waals surface area contributed by atoms with E-state index in [4.69, 9.17) is 0 Å². The lowest BCUT2D eigenvalue weighted by Crippen LogP contribution is -2.34. The zero-order valence-electron chi connectivity index (χ0n) is 12.9. The minimum Gasteiger partial charge on any atom is -0.343 e. The predicted molar refractivity (Wildman–Crippen MR) is 92.2 cm³/mol. The van der Waals surface area contributed by atoms with Crippen LogP contribution in [0.4, 0.5) is 8.78 Å². The second kappa shape index (κ2) is 6.49. The molecule has 1 fully saturated rings. The third-order valence-corrected chi connectivity index (χ3v) is 6.11. The standard InChI is InChI=1S/C17H14BrF2NO3S/c18-13-5-3-12(4-6-13)17(9-10-17)21-15(22)11-1-7-14(8-2-11)25(23,24)16(19)20/h1-8,16H,9-10H2,(H,21,22). The summed E-state index contributed by atoms with van der Waals surface area (Å²) < 4.78 is 48.8. The normalized spacial score (nSPS) is 15.8. The molecule has 132 valence electrons. The lowest BCUT2D eigenvalue weighted by molar-refractivity contribution is 0.0930. The van der Waals surface area contributed by atoms with Gasteiger partial charge in [0.15, 0.2) is 0 Å². The molecule has 2 aromatic rings. The van der Waals surface area contributed by atoms with E-state index in [1.165, 1.54) is 12.1 Å². The smallest absolute Gasteiger partial charge is 0.341 e. The molecule has 3 rings (SSSR count). The zero-order chi connectivity index (χ0) is 18.2. The maximum atomic E-state index is 12.5. The minimum absolute atomic E-state index is 0.219. The van der Waals surface area contributed by atoms with Gasteiger partial charge in [-0.3, -0.25) is 4.79 Å². The average molecular weight is 430 g/mol. The van der Waals surface area contributed by atoms with Gasteiger partial charge in [0.1, 0.15) is 0 Å². The molecule has 4 nitrogen and oxygen atoms in total. The number of carbonyl (C=O) groups excluding carboxylic acids is 1. The van der Waals surface area contributed by atoms with Crippen LogP contribution in [0.25, 0.3) is 0 Å². The van der Waals surface area contributed by atoms with Crippen LogP contribution in [-0.4, -0.2) is 20.1 Å². The molecule has 1 amide bonds. The fourth-order valence-electron chi connectivity index (χ4n) is 2.57. The van der Waals surface area contributed by atoms with Crippen molar-refractivity contribution >= 4 is 31.7 Å². The molecule has 0 saturated heterocycles. The van der Waals surface area contributed by atoms with Crippen molar-refractivity contribution in [2.75, 3.05) is 0 Å². The number of hydrogen-bond acceptors (Lipinski definition) is 3. The molecule has 0 bridgehead atoms. The lowest BCUT2D eigenvalue weighted by atomic mass is 10.0. The van der Waals surface area contributed by atoms with Crippen LogP contribution in [0.2, 0.25) is 0 Å². The second-order valence-electron chi connectivity index (χ2n) is 5.87. The molecular formula is C17H14BrF2NO3S. The molecule has 0 heterocycles. The van der Waals surface area contributed by atoms with Crippen molar-refractivity contribution < 1.29 is 22.0 Å². The number of benzene rings is 2. The number of nitrogens with one attached hydrogen (secondary N) is 1. The van der Waals surface area contributed by atoms with Gasteiger partial charge < -0.3 is 5.32 Å². The highest BCUT2D eigenvalue weighted by atomic mass is 79.9. The van der Waals surface area contributed by atoms with Crippen molar-refractivity contribution in [3.8, 4) is 0 Å². The lowest BCUT2D eigenvalue weighted by Gasteiger charge is -2.18. The van der Waals surface area contributed by atoms with E-state index >= 15 is 0 Å². The summed E-state index contributed by atoms with van der Waals surface area (Å²) >= 11 is 3.36. The predicted octanol–water partition coefficient (Wildman–Crippen LogP) is 3.86. The number of sulfone groups is 1. The first-order valence-corrected chi connectivity index (χ1v) is 9.79. The maximum absolute atomic E-state index is 12.5. The molecular weight excluding hydrogens is 416 g/mol.